The fourth-order valence-corrected chi connectivity index (χ4v) is 6.54. The molecule has 0 spiro atoms. The number of hydrogen-bond donors (Lipinski definition) is 2. The van der Waals surface area contributed by atoms with E-state index in [-0.39, 0.29) is 4.91 Å². The van der Waals surface area contributed by atoms with Crippen molar-refractivity contribution in [1.29, 1.82) is 0 Å². The Morgan fingerprint density at radius 3 is 2.87 bits per heavy atom. The van der Waals surface area contributed by atoms with Crippen LogP contribution in [0.2, 0.25) is 0 Å². The third kappa shape index (κ3) is 4.07. The minimum absolute atomic E-state index is 0.286. The molecule has 1 saturated heterocycles. The number of nitrogens with two attached hydrogens (primary N) is 1. The molecular formula is C20H19N3O4S3. The van der Waals surface area contributed by atoms with Crippen LogP contribution in [-0.2, 0) is 22.4 Å². The molecule has 2 aliphatic rings. The van der Waals surface area contributed by atoms with Gasteiger partial charge in [-0.3, -0.25) is 24.1 Å². The molecule has 4 rings (SSSR count). The molecule has 3 heterocycles. The van der Waals surface area contributed by atoms with Crippen molar-refractivity contribution in [1.82, 2.24) is 4.90 Å². The van der Waals surface area contributed by atoms with E-state index in [1.807, 2.05) is 17.5 Å². The first-order chi connectivity index (χ1) is 14.3. The molecule has 2 aromatic rings. The van der Waals surface area contributed by atoms with E-state index in [0.29, 0.717) is 16.5 Å². The highest BCUT2D eigenvalue weighted by Crippen LogP contribution is 2.39. The molecule has 1 aliphatic carbocycles. The summed E-state index contributed by atoms with van der Waals surface area (Å²) in [6, 6.07) is 3.70. The largest absolute Gasteiger partial charge is 0.365 e. The summed E-state index contributed by atoms with van der Waals surface area (Å²) < 4.78 is 0. The molecule has 1 atom stereocenters. The standard InChI is InChI=1S/C20H19N3O4S3/c1-10-4-5-12-13(7-10)29-18(16(12)17(21)25)22-15(24)9-23-19(26)14(30-20(23)27)8-11-3-2-6-28-11/h2-3,6,8,10H,4-5,7,9H2,1H3,(H2,21,25)(H,22,24)/b14-8-. The van der Waals surface area contributed by atoms with Crippen molar-refractivity contribution in [2.75, 3.05) is 11.9 Å². The van der Waals surface area contributed by atoms with Crippen LogP contribution < -0.4 is 11.1 Å². The number of rotatable bonds is 5. The molecule has 156 valence electrons. The van der Waals surface area contributed by atoms with Crippen LogP contribution in [0.4, 0.5) is 9.80 Å². The predicted octanol–water partition coefficient (Wildman–Crippen LogP) is 3.71. The SMILES string of the molecule is CC1CCc2c(sc(NC(=O)CN3C(=O)S/C(=C\c4cccs4)C3=O)c2C(N)=O)C1. The molecule has 3 N–H and O–H groups in total. The Morgan fingerprint density at radius 2 is 2.17 bits per heavy atom. The third-order valence-corrected chi connectivity index (χ3v) is 7.90. The van der Waals surface area contributed by atoms with Crippen LogP contribution in [0.15, 0.2) is 22.4 Å². The van der Waals surface area contributed by atoms with E-state index in [9.17, 15) is 19.2 Å². The zero-order chi connectivity index (χ0) is 21.4. The van der Waals surface area contributed by atoms with Crippen molar-refractivity contribution >= 4 is 68.5 Å². The summed E-state index contributed by atoms with van der Waals surface area (Å²) >= 11 is 3.62. The number of nitrogens with zero attached hydrogens (tertiary/aromatic N) is 1. The Bertz CT molecular complexity index is 1070. The predicted molar refractivity (Wildman–Crippen MR) is 120 cm³/mol. The van der Waals surface area contributed by atoms with Crippen LogP contribution in [0.1, 0.15) is 39.0 Å². The van der Waals surface area contributed by atoms with Gasteiger partial charge in [-0.15, -0.1) is 22.7 Å². The maximum absolute atomic E-state index is 12.6. The van der Waals surface area contributed by atoms with Crippen molar-refractivity contribution in [2.45, 2.75) is 26.2 Å². The second kappa shape index (κ2) is 8.37. The fraction of sp³-hybridized carbons (Fsp3) is 0.300. The maximum atomic E-state index is 12.6. The molecule has 0 bridgehead atoms. The summed E-state index contributed by atoms with van der Waals surface area (Å²) in [4.78, 5) is 52.6. The number of fused-ring (bicyclic) bond motifs is 1. The molecule has 4 amide bonds. The number of primary amides is 1. The van der Waals surface area contributed by atoms with Crippen molar-refractivity contribution in [3.63, 3.8) is 0 Å². The number of thiophene rings is 2. The molecule has 0 saturated carbocycles. The minimum atomic E-state index is -0.581. The average molecular weight is 462 g/mol. The van der Waals surface area contributed by atoms with Crippen LogP contribution in [0, 0.1) is 5.92 Å². The number of imide groups is 1. The van der Waals surface area contributed by atoms with E-state index in [4.69, 9.17) is 5.73 Å². The van der Waals surface area contributed by atoms with E-state index in [1.165, 1.54) is 22.7 Å². The van der Waals surface area contributed by atoms with Gasteiger partial charge in [-0.25, -0.2) is 0 Å². The summed E-state index contributed by atoms with van der Waals surface area (Å²) in [6.07, 6.45) is 4.20. The van der Waals surface area contributed by atoms with E-state index >= 15 is 0 Å². The maximum Gasteiger partial charge on any atom is 0.294 e. The normalized spacial score (nSPS) is 20.0. The summed E-state index contributed by atoms with van der Waals surface area (Å²) in [5.74, 6) is -1.11. The lowest BCUT2D eigenvalue weighted by atomic mass is 9.88. The Hall–Kier alpha value is -2.43. The Labute approximate surface area is 185 Å². The minimum Gasteiger partial charge on any atom is -0.365 e. The Balaban J connectivity index is 1.50. The lowest BCUT2D eigenvalue weighted by Crippen LogP contribution is -2.36. The summed E-state index contributed by atoms with van der Waals surface area (Å²) in [6.45, 7) is 1.73. The van der Waals surface area contributed by atoms with E-state index in [2.05, 4.69) is 12.2 Å². The molecule has 0 aromatic carbocycles. The molecular weight excluding hydrogens is 442 g/mol. The summed E-state index contributed by atoms with van der Waals surface area (Å²) in [5, 5.41) is 4.48. The summed E-state index contributed by atoms with van der Waals surface area (Å²) in [7, 11) is 0. The van der Waals surface area contributed by atoms with Crippen molar-refractivity contribution < 1.29 is 19.2 Å². The molecule has 2 aromatic heterocycles. The Kier molecular flexibility index (Phi) is 5.81. The first kappa shape index (κ1) is 20.8. The second-order valence-electron chi connectivity index (χ2n) is 7.25. The third-order valence-electron chi connectivity index (χ3n) is 5.00. The van der Waals surface area contributed by atoms with Gasteiger partial charge in [-0.2, -0.15) is 0 Å². The van der Waals surface area contributed by atoms with Crippen LogP contribution in [-0.4, -0.2) is 34.4 Å². The quantitative estimate of drug-likeness (QED) is 0.660. The van der Waals surface area contributed by atoms with Gasteiger partial charge in [0.05, 0.1) is 10.5 Å². The van der Waals surface area contributed by atoms with E-state index in [0.717, 1.165) is 51.2 Å². The van der Waals surface area contributed by atoms with Gasteiger partial charge in [0.1, 0.15) is 11.5 Å². The van der Waals surface area contributed by atoms with Crippen LogP contribution >= 0.6 is 34.4 Å². The van der Waals surface area contributed by atoms with Gasteiger partial charge in [0.15, 0.2) is 0 Å². The summed E-state index contributed by atoms with van der Waals surface area (Å²) in [5.41, 5.74) is 6.83. The van der Waals surface area contributed by atoms with E-state index in [1.54, 1.807) is 6.08 Å². The first-order valence-corrected chi connectivity index (χ1v) is 11.9. The number of carbonyl (C=O) groups excluding carboxylic acids is 4. The first-order valence-electron chi connectivity index (χ1n) is 9.36. The molecule has 1 unspecified atom stereocenters. The molecule has 10 heteroatoms. The Morgan fingerprint density at radius 1 is 1.37 bits per heavy atom. The lowest BCUT2D eigenvalue weighted by molar-refractivity contribution is -0.127. The van der Waals surface area contributed by atoms with Crippen molar-refractivity contribution in [3.8, 4) is 0 Å². The van der Waals surface area contributed by atoms with Gasteiger partial charge in [0, 0.05) is 9.75 Å². The van der Waals surface area contributed by atoms with Crippen LogP contribution in [0.5, 0.6) is 0 Å². The van der Waals surface area contributed by atoms with Crippen molar-refractivity contribution in [2.24, 2.45) is 11.7 Å². The monoisotopic (exact) mass is 461 g/mol. The fourth-order valence-electron chi connectivity index (χ4n) is 3.55. The smallest absolute Gasteiger partial charge is 0.294 e. The molecule has 0 radical (unpaired) electrons. The number of amides is 4. The van der Waals surface area contributed by atoms with Gasteiger partial charge in [-0.05, 0) is 60.0 Å². The number of nitrogens with one attached hydrogen (secondary N) is 1. The highest BCUT2D eigenvalue weighted by Gasteiger charge is 2.37. The molecule has 1 fully saturated rings. The lowest BCUT2D eigenvalue weighted by Gasteiger charge is -2.18. The highest BCUT2D eigenvalue weighted by atomic mass is 32.2. The zero-order valence-electron chi connectivity index (χ0n) is 16.1. The highest BCUT2D eigenvalue weighted by molar-refractivity contribution is 8.18. The average Bonchev–Trinajstić information content (AvgIpc) is 3.37. The number of anilines is 1. The van der Waals surface area contributed by atoms with Crippen LogP contribution in [0.3, 0.4) is 0 Å². The van der Waals surface area contributed by atoms with Gasteiger partial charge < -0.3 is 11.1 Å². The second-order valence-corrected chi connectivity index (χ2v) is 10.3. The van der Waals surface area contributed by atoms with Gasteiger partial charge in [-0.1, -0.05) is 13.0 Å². The number of carbonyl (C=O) groups is 4. The van der Waals surface area contributed by atoms with Crippen LogP contribution in [0.25, 0.3) is 6.08 Å². The number of hydrogen-bond acceptors (Lipinski definition) is 7. The van der Waals surface area contributed by atoms with Crippen molar-refractivity contribution in [3.05, 3.63) is 43.3 Å². The molecule has 1 aliphatic heterocycles. The topological polar surface area (TPSA) is 110 Å². The van der Waals surface area contributed by atoms with Gasteiger partial charge in [0.2, 0.25) is 5.91 Å². The number of thioether (sulfide) groups is 1. The van der Waals surface area contributed by atoms with Gasteiger partial charge in [0.25, 0.3) is 17.1 Å². The molecule has 30 heavy (non-hydrogen) atoms. The van der Waals surface area contributed by atoms with Gasteiger partial charge >= 0.3 is 0 Å². The molecule has 7 nitrogen and oxygen atoms in total. The zero-order valence-corrected chi connectivity index (χ0v) is 18.5. The van der Waals surface area contributed by atoms with E-state index < -0.39 is 29.5 Å².